The van der Waals surface area contributed by atoms with Crippen molar-refractivity contribution in [3.8, 4) is 11.5 Å². The smallest absolute Gasteiger partial charge is 0.352 e. The number of aromatic carboxylic acids is 1. The highest BCUT2D eigenvalue weighted by Gasteiger charge is 2.23. The molecule has 6 nitrogen and oxygen atoms in total. The quantitative estimate of drug-likeness (QED) is 0.287. The van der Waals surface area contributed by atoms with Crippen LogP contribution in [0.4, 0.5) is 4.39 Å². The summed E-state index contributed by atoms with van der Waals surface area (Å²) >= 11 is 6.27. The van der Waals surface area contributed by atoms with Crippen LogP contribution in [0.3, 0.4) is 0 Å². The summed E-state index contributed by atoms with van der Waals surface area (Å²) in [5.41, 5.74) is 3.06. The number of nitrogens with zero attached hydrogens (tertiary/aromatic N) is 1. The van der Waals surface area contributed by atoms with Crippen molar-refractivity contribution in [1.29, 1.82) is 0 Å². The Morgan fingerprint density at radius 1 is 1.09 bits per heavy atom. The topological polar surface area (TPSA) is 72.7 Å². The molecule has 0 aliphatic carbocycles. The molecule has 0 atom stereocenters. The highest BCUT2D eigenvalue weighted by Crippen LogP contribution is 2.32. The van der Waals surface area contributed by atoms with Gasteiger partial charge in [0.15, 0.2) is 0 Å². The van der Waals surface area contributed by atoms with Gasteiger partial charge in [-0.05, 0) is 42.8 Å². The second kappa shape index (κ2) is 10.8. The van der Waals surface area contributed by atoms with E-state index in [1.54, 1.807) is 29.9 Å². The lowest BCUT2D eigenvalue weighted by Crippen LogP contribution is -2.17. The highest BCUT2D eigenvalue weighted by molar-refractivity contribution is 6.31. The number of carboxylic acids is 1. The third-order valence-electron chi connectivity index (χ3n) is 5.81. The van der Waals surface area contributed by atoms with Gasteiger partial charge in [0.2, 0.25) is 0 Å². The molecule has 3 aromatic carbocycles. The van der Waals surface area contributed by atoms with Gasteiger partial charge < -0.3 is 24.5 Å². The van der Waals surface area contributed by atoms with Crippen LogP contribution in [0, 0.1) is 5.82 Å². The van der Waals surface area contributed by atoms with Crippen LogP contribution in [-0.2, 0) is 19.6 Å². The number of methoxy groups -OCH3 is 1. The SMILES string of the molecule is CCOc1ccccc1CNCc1c(C(=O)O)n(Cc2ccc(F)cc2Cl)c2cc(OC)ccc12. The molecule has 4 aromatic rings. The number of hydrogen-bond donors (Lipinski definition) is 2. The Labute approximate surface area is 207 Å². The maximum atomic E-state index is 13.6. The maximum Gasteiger partial charge on any atom is 0.352 e. The fraction of sp³-hybridized carbons (Fsp3) is 0.222. The molecule has 1 heterocycles. The fourth-order valence-electron chi connectivity index (χ4n) is 4.20. The number of para-hydroxylation sites is 1. The van der Waals surface area contributed by atoms with Crippen molar-refractivity contribution in [2.45, 2.75) is 26.6 Å². The Bertz CT molecular complexity index is 1370. The van der Waals surface area contributed by atoms with Crippen LogP contribution in [-0.4, -0.2) is 29.4 Å². The van der Waals surface area contributed by atoms with Gasteiger partial charge in [0.1, 0.15) is 23.0 Å². The van der Waals surface area contributed by atoms with E-state index in [1.807, 2.05) is 37.3 Å². The second-order valence-electron chi connectivity index (χ2n) is 7.98. The summed E-state index contributed by atoms with van der Waals surface area (Å²) in [6.45, 7) is 3.47. The molecule has 0 amide bonds. The van der Waals surface area contributed by atoms with Crippen molar-refractivity contribution in [2.75, 3.05) is 13.7 Å². The molecule has 0 unspecified atom stereocenters. The minimum absolute atomic E-state index is 0.138. The number of nitrogens with one attached hydrogen (secondary N) is 1. The number of hydrogen-bond acceptors (Lipinski definition) is 4. The van der Waals surface area contributed by atoms with Gasteiger partial charge in [-0.15, -0.1) is 0 Å². The van der Waals surface area contributed by atoms with Gasteiger partial charge in [-0.2, -0.15) is 0 Å². The van der Waals surface area contributed by atoms with Crippen LogP contribution in [0.25, 0.3) is 10.9 Å². The number of carbonyl (C=O) groups is 1. The predicted molar refractivity (Wildman–Crippen MR) is 134 cm³/mol. The number of rotatable bonds is 10. The van der Waals surface area contributed by atoms with Crippen LogP contribution in [0.2, 0.25) is 5.02 Å². The molecule has 182 valence electrons. The Hall–Kier alpha value is -3.55. The van der Waals surface area contributed by atoms with Gasteiger partial charge in [0, 0.05) is 47.2 Å². The van der Waals surface area contributed by atoms with Gasteiger partial charge in [-0.3, -0.25) is 0 Å². The van der Waals surface area contributed by atoms with Crippen LogP contribution in [0.5, 0.6) is 11.5 Å². The summed E-state index contributed by atoms with van der Waals surface area (Å²) in [4.78, 5) is 12.5. The second-order valence-corrected chi connectivity index (χ2v) is 8.39. The van der Waals surface area contributed by atoms with Crippen LogP contribution in [0.15, 0.2) is 60.7 Å². The van der Waals surface area contributed by atoms with Gasteiger partial charge in [0.05, 0.1) is 19.2 Å². The zero-order valence-corrected chi connectivity index (χ0v) is 20.2. The molecule has 0 aliphatic heterocycles. The van der Waals surface area contributed by atoms with Crippen LogP contribution >= 0.6 is 11.6 Å². The minimum Gasteiger partial charge on any atom is -0.497 e. The van der Waals surface area contributed by atoms with Crippen molar-refractivity contribution in [3.05, 3.63) is 93.9 Å². The Morgan fingerprint density at radius 2 is 1.89 bits per heavy atom. The third kappa shape index (κ3) is 5.26. The maximum absolute atomic E-state index is 13.6. The van der Waals surface area contributed by atoms with Crippen LogP contribution in [0.1, 0.15) is 34.1 Å². The number of aromatic nitrogens is 1. The van der Waals surface area contributed by atoms with Crippen molar-refractivity contribution in [2.24, 2.45) is 0 Å². The lowest BCUT2D eigenvalue weighted by Gasteiger charge is -2.12. The summed E-state index contributed by atoms with van der Waals surface area (Å²) in [5, 5.41) is 14.6. The van der Waals surface area contributed by atoms with Crippen molar-refractivity contribution in [1.82, 2.24) is 9.88 Å². The van der Waals surface area contributed by atoms with Crippen molar-refractivity contribution < 1.29 is 23.8 Å². The van der Waals surface area contributed by atoms with Crippen molar-refractivity contribution >= 4 is 28.5 Å². The van der Waals surface area contributed by atoms with Gasteiger partial charge in [-0.1, -0.05) is 35.9 Å². The first-order valence-corrected chi connectivity index (χ1v) is 11.6. The first-order valence-electron chi connectivity index (χ1n) is 11.2. The van der Waals surface area contributed by atoms with E-state index in [2.05, 4.69) is 5.32 Å². The molecular formula is C27H26ClFN2O4. The Morgan fingerprint density at radius 3 is 2.60 bits per heavy atom. The highest BCUT2D eigenvalue weighted by atomic mass is 35.5. The van der Waals surface area contributed by atoms with E-state index in [0.29, 0.717) is 42.1 Å². The van der Waals surface area contributed by atoms with E-state index in [4.69, 9.17) is 21.1 Å². The molecule has 0 aliphatic rings. The molecule has 2 N–H and O–H groups in total. The average molecular weight is 497 g/mol. The lowest BCUT2D eigenvalue weighted by molar-refractivity contribution is 0.0684. The molecular weight excluding hydrogens is 471 g/mol. The zero-order chi connectivity index (χ0) is 24.9. The monoisotopic (exact) mass is 496 g/mol. The fourth-order valence-corrected chi connectivity index (χ4v) is 4.43. The van der Waals surface area contributed by atoms with Gasteiger partial charge in [0.25, 0.3) is 0 Å². The summed E-state index contributed by atoms with van der Waals surface area (Å²) in [6.07, 6.45) is 0. The Kier molecular flexibility index (Phi) is 7.58. The normalized spacial score (nSPS) is 11.1. The predicted octanol–water partition coefficient (Wildman–Crippen LogP) is 5.88. The van der Waals surface area contributed by atoms with E-state index < -0.39 is 11.8 Å². The van der Waals surface area contributed by atoms with Gasteiger partial charge >= 0.3 is 5.97 Å². The van der Waals surface area contributed by atoms with E-state index in [-0.39, 0.29) is 17.3 Å². The van der Waals surface area contributed by atoms with E-state index in [9.17, 15) is 14.3 Å². The Balaban J connectivity index is 1.74. The minimum atomic E-state index is -1.06. The number of carboxylic acid groups (broad SMARTS) is 1. The standard InChI is InChI=1S/C27H26ClFN2O4/c1-3-35-25-7-5-4-6-17(25)14-30-15-22-21-11-10-20(34-2)13-24(21)31(26(22)27(32)33)16-18-8-9-19(29)12-23(18)28/h4-13,30H,3,14-16H2,1-2H3,(H,32,33). The van der Waals surface area contributed by atoms with Gasteiger partial charge in [-0.25, -0.2) is 9.18 Å². The molecule has 0 saturated heterocycles. The lowest BCUT2D eigenvalue weighted by atomic mass is 10.1. The molecule has 0 bridgehead atoms. The van der Waals surface area contributed by atoms with Crippen LogP contribution < -0.4 is 14.8 Å². The molecule has 8 heteroatoms. The largest absolute Gasteiger partial charge is 0.497 e. The van der Waals surface area contributed by atoms with E-state index in [1.165, 1.54) is 12.1 Å². The molecule has 0 fully saturated rings. The van der Waals surface area contributed by atoms with Crippen molar-refractivity contribution in [3.63, 3.8) is 0 Å². The average Bonchev–Trinajstić information content (AvgIpc) is 3.14. The molecule has 1 aromatic heterocycles. The molecule has 0 radical (unpaired) electrons. The summed E-state index contributed by atoms with van der Waals surface area (Å²) in [7, 11) is 1.56. The summed E-state index contributed by atoms with van der Waals surface area (Å²) in [6, 6.07) is 17.3. The molecule has 0 saturated carbocycles. The number of fused-ring (bicyclic) bond motifs is 1. The summed E-state index contributed by atoms with van der Waals surface area (Å²) in [5.74, 6) is -0.124. The third-order valence-corrected chi connectivity index (χ3v) is 6.16. The summed E-state index contributed by atoms with van der Waals surface area (Å²) < 4.78 is 26.4. The molecule has 4 rings (SSSR count). The van der Waals surface area contributed by atoms with E-state index in [0.717, 1.165) is 16.7 Å². The number of benzene rings is 3. The molecule has 0 spiro atoms. The first kappa shape index (κ1) is 24.6. The zero-order valence-electron chi connectivity index (χ0n) is 19.5. The number of halogens is 2. The van der Waals surface area contributed by atoms with E-state index >= 15 is 0 Å². The first-order chi connectivity index (χ1) is 16.9. The number of ether oxygens (including phenoxy) is 2. The molecule has 35 heavy (non-hydrogen) atoms.